The summed E-state index contributed by atoms with van der Waals surface area (Å²) in [5.74, 6) is 0.610. The highest BCUT2D eigenvalue weighted by Gasteiger charge is 2.20. The molecule has 0 bridgehead atoms. The predicted molar refractivity (Wildman–Crippen MR) is 73.5 cm³/mol. The number of rotatable bonds is 5. The van der Waals surface area contributed by atoms with Gasteiger partial charge in [0.2, 0.25) is 0 Å². The molecule has 0 saturated heterocycles. The van der Waals surface area contributed by atoms with Gasteiger partial charge in [-0.2, -0.15) is 10.4 Å². The van der Waals surface area contributed by atoms with Crippen LogP contribution >= 0.6 is 0 Å². The fraction of sp³-hybridized carbons (Fsp3) is 0.643. The second kappa shape index (κ2) is 5.81. The highest BCUT2D eigenvalue weighted by Crippen LogP contribution is 2.23. The van der Waals surface area contributed by atoms with Gasteiger partial charge < -0.3 is 5.32 Å². The third-order valence-corrected chi connectivity index (χ3v) is 3.30. The van der Waals surface area contributed by atoms with Gasteiger partial charge in [0.25, 0.3) is 0 Å². The molecule has 18 heavy (non-hydrogen) atoms. The zero-order valence-electron chi connectivity index (χ0n) is 12.0. The van der Waals surface area contributed by atoms with E-state index in [1.807, 2.05) is 13.8 Å². The largest absolute Gasteiger partial charge is 0.363 e. The van der Waals surface area contributed by atoms with E-state index in [1.165, 1.54) is 0 Å². The number of hydrogen-bond donors (Lipinski definition) is 1. The van der Waals surface area contributed by atoms with Crippen molar-refractivity contribution < 1.29 is 0 Å². The molecule has 1 heterocycles. The summed E-state index contributed by atoms with van der Waals surface area (Å²) in [6.07, 6.45) is 2.57. The SMILES string of the molecule is CCc1nnc(NC(C)(C)CC)c(C#N)c1CC. The van der Waals surface area contributed by atoms with E-state index in [0.29, 0.717) is 11.4 Å². The van der Waals surface area contributed by atoms with E-state index >= 15 is 0 Å². The molecule has 4 heteroatoms. The molecule has 4 nitrogen and oxygen atoms in total. The number of nitrogens with one attached hydrogen (secondary N) is 1. The van der Waals surface area contributed by atoms with Gasteiger partial charge in [0.15, 0.2) is 5.82 Å². The molecule has 0 saturated carbocycles. The first-order valence-corrected chi connectivity index (χ1v) is 6.55. The molecule has 0 unspecified atom stereocenters. The van der Waals surface area contributed by atoms with Gasteiger partial charge in [0, 0.05) is 5.54 Å². The Morgan fingerprint density at radius 1 is 1.17 bits per heavy atom. The number of nitrogens with zero attached hydrogens (tertiary/aromatic N) is 3. The normalized spacial score (nSPS) is 11.1. The van der Waals surface area contributed by atoms with Crippen molar-refractivity contribution >= 4 is 5.82 Å². The van der Waals surface area contributed by atoms with E-state index in [1.54, 1.807) is 0 Å². The van der Waals surface area contributed by atoms with Crippen molar-refractivity contribution in [3.63, 3.8) is 0 Å². The number of aryl methyl sites for hydroxylation is 1. The maximum absolute atomic E-state index is 9.36. The third-order valence-electron chi connectivity index (χ3n) is 3.30. The third kappa shape index (κ3) is 2.98. The molecule has 1 aromatic rings. The van der Waals surface area contributed by atoms with Gasteiger partial charge in [-0.25, -0.2) is 0 Å². The minimum absolute atomic E-state index is 0.0843. The minimum atomic E-state index is -0.0843. The zero-order chi connectivity index (χ0) is 13.8. The molecular formula is C14H22N4. The second-order valence-electron chi connectivity index (χ2n) is 5.03. The van der Waals surface area contributed by atoms with Crippen LogP contribution in [0.1, 0.15) is 57.9 Å². The standard InChI is InChI=1S/C14H22N4/c1-6-10-11(9-15)13(16-14(4,5)8-3)18-17-12(10)7-2/h6-8H2,1-5H3,(H,16,18). The summed E-state index contributed by atoms with van der Waals surface area (Å²) in [6, 6.07) is 2.27. The molecular weight excluding hydrogens is 224 g/mol. The molecule has 0 aliphatic heterocycles. The van der Waals surface area contributed by atoms with E-state index in [9.17, 15) is 5.26 Å². The topological polar surface area (TPSA) is 61.6 Å². The molecule has 0 aliphatic carbocycles. The Kier molecular flexibility index (Phi) is 4.66. The lowest BCUT2D eigenvalue weighted by atomic mass is 10.00. The molecule has 1 N–H and O–H groups in total. The Morgan fingerprint density at radius 3 is 2.28 bits per heavy atom. The van der Waals surface area contributed by atoms with Crippen LogP contribution in [0.5, 0.6) is 0 Å². The van der Waals surface area contributed by atoms with E-state index in [-0.39, 0.29) is 5.54 Å². The highest BCUT2D eigenvalue weighted by molar-refractivity contribution is 5.57. The van der Waals surface area contributed by atoms with Gasteiger partial charge in [-0.1, -0.05) is 20.8 Å². The molecule has 98 valence electrons. The van der Waals surface area contributed by atoms with Gasteiger partial charge in [-0.3, -0.25) is 0 Å². The molecule has 0 amide bonds. The molecule has 0 aliphatic rings. The average Bonchev–Trinajstić information content (AvgIpc) is 2.37. The summed E-state index contributed by atoms with van der Waals surface area (Å²) in [7, 11) is 0. The summed E-state index contributed by atoms with van der Waals surface area (Å²) >= 11 is 0. The smallest absolute Gasteiger partial charge is 0.167 e. The quantitative estimate of drug-likeness (QED) is 0.867. The lowest BCUT2D eigenvalue weighted by Gasteiger charge is -2.26. The van der Waals surface area contributed by atoms with Crippen LogP contribution in [0.4, 0.5) is 5.82 Å². The van der Waals surface area contributed by atoms with Crippen molar-refractivity contribution in [1.82, 2.24) is 10.2 Å². The van der Waals surface area contributed by atoms with E-state index in [2.05, 4.69) is 42.4 Å². The Balaban J connectivity index is 3.26. The highest BCUT2D eigenvalue weighted by atomic mass is 15.2. The monoisotopic (exact) mass is 246 g/mol. The summed E-state index contributed by atoms with van der Waals surface area (Å²) in [5.41, 5.74) is 2.50. The van der Waals surface area contributed by atoms with Crippen molar-refractivity contribution in [1.29, 1.82) is 5.26 Å². The first-order chi connectivity index (χ1) is 8.49. The fourth-order valence-corrected chi connectivity index (χ4v) is 1.79. The maximum Gasteiger partial charge on any atom is 0.167 e. The van der Waals surface area contributed by atoms with Gasteiger partial charge in [0.05, 0.1) is 5.69 Å². The lowest BCUT2D eigenvalue weighted by molar-refractivity contribution is 0.543. The van der Waals surface area contributed by atoms with Crippen molar-refractivity contribution in [2.75, 3.05) is 5.32 Å². The molecule has 1 rings (SSSR count). The number of hydrogen-bond acceptors (Lipinski definition) is 4. The maximum atomic E-state index is 9.36. The summed E-state index contributed by atoms with van der Waals surface area (Å²) in [4.78, 5) is 0. The first kappa shape index (κ1) is 14.4. The summed E-state index contributed by atoms with van der Waals surface area (Å²) in [6.45, 7) is 10.4. The fourth-order valence-electron chi connectivity index (χ4n) is 1.79. The number of aromatic nitrogens is 2. The van der Waals surface area contributed by atoms with Gasteiger partial charge in [-0.05, 0) is 38.7 Å². The van der Waals surface area contributed by atoms with Gasteiger partial charge in [-0.15, -0.1) is 5.10 Å². The van der Waals surface area contributed by atoms with E-state index in [4.69, 9.17) is 0 Å². The van der Waals surface area contributed by atoms with Crippen LogP contribution in [0.3, 0.4) is 0 Å². The Labute approximate surface area is 109 Å². The van der Waals surface area contributed by atoms with E-state index in [0.717, 1.165) is 30.5 Å². The van der Waals surface area contributed by atoms with Crippen LogP contribution in [0.2, 0.25) is 0 Å². The summed E-state index contributed by atoms with van der Waals surface area (Å²) in [5, 5.41) is 21.1. The Morgan fingerprint density at radius 2 is 1.83 bits per heavy atom. The van der Waals surface area contributed by atoms with Crippen molar-refractivity contribution in [2.45, 2.75) is 59.4 Å². The number of anilines is 1. The Hall–Kier alpha value is -1.63. The van der Waals surface area contributed by atoms with Crippen LogP contribution in [-0.4, -0.2) is 15.7 Å². The summed E-state index contributed by atoms with van der Waals surface area (Å²) < 4.78 is 0. The molecule has 0 fully saturated rings. The molecule has 0 spiro atoms. The molecule has 0 radical (unpaired) electrons. The van der Waals surface area contributed by atoms with Crippen LogP contribution < -0.4 is 5.32 Å². The van der Waals surface area contributed by atoms with Gasteiger partial charge >= 0.3 is 0 Å². The molecule has 1 aromatic heterocycles. The van der Waals surface area contributed by atoms with Crippen molar-refractivity contribution in [3.8, 4) is 6.07 Å². The average molecular weight is 246 g/mol. The molecule has 0 atom stereocenters. The minimum Gasteiger partial charge on any atom is -0.363 e. The Bertz CT molecular complexity index is 458. The van der Waals surface area contributed by atoms with Crippen LogP contribution in [-0.2, 0) is 12.8 Å². The van der Waals surface area contributed by atoms with Crippen LogP contribution in [0.15, 0.2) is 0 Å². The first-order valence-electron chi connectivity index (χ1n) is 6.55. The second-order valence-corrected chi connectivity index (χ2v) is 5.03. The predicted octanol–water partition coefficient (Wildman–Crippen LogP) is 3.07. The van der Waals surface area contributed by atoms with Gasteiger partial charge in [0.1, 0.15) is 11.6 Å². The molecule has 0 aromatic carbocycles. The van der Waals surface area contributed by atoms with Crippen LogP contribution in [0.25, 0.3) is 0 Å². The number of nitriles is 1. The van der Waals surface area contributed by atoms with E-state index < -0.39 is 0 Å². The van der Waals surface area contributed by atoms with Crippen molar-refractivity contribution in [3.05, 3.63) is 16.8 Å². The van der Waals surface area contributed by atoms with Crippen LogP contribution in [0, 0.1) is 11.3 Å². The van der Waals surface area contributed by atoms with Crippen molar-refractivity contribution in [2.24, 2.45) is 0 Å². The lowest BCUT2D eigenvalue weighted by Crippen LogP contribution is -2.31. The zero-order valence-corrected chi connectivity index (χ0v) is 12.0.